The standard InChI is InChI=1S/C9H14N4O/c1-6(2)12-9(14)7-4-3-5-11-8(7)13-10/h3-6H,10H2,1-2H3,(H,11,13)(H,12,14). The van der Waals surface area contributed by atoms with Crippen molar-refractivity contribution in [3.05, 3.63) is 23.9 Å². The fourth-order valence-corrected chi connectivity index (χ4v) is 1.04. The molecule has 0 saturated carbocycles. The molecule has 5 heteroatoms. The first kappa shape index (κ1) is 10.5. The van der Waals surface area contributed by atoms with E-state index in [0.29, 0.717) is 11.4 Å². The van der Waals surface area contributed by atoms with E-state index in [-0.39, 0.29) is 11.9 Å². The molecule has 0 fully saturated rings. The second kappa shape index (κ2) is 4.57. The second-order valence-corrected chi connectivity index (χ2v) is 3.17. The van der Waals surface area contributed by atoms with Gasteiger partial charge in [0.1, 0.15) is 0 Å². The molecule has 0 aromatic carbocycles. The van der Waals surface area contributed by atoms with E-state index >= 15 is 0 Å². The lowest BCUT2D eigenvalue weighted by molar-refractivity contribution is 0.0943. The summed E-state index contributed by atoms with van der Waals surface area (Å²) in [5.41, 5.74) is 2.83. The highest BCUT2D eigenvalue weighted by Gasteiger charge is 2.11. The maximum atomic E-state index is 11.6. The lowest BCUT2D eigenvalue weighted by Gasteiger charge is -2.10. The van der Waals surface area contributed by atoms with E-state index in [2.05, 4.69) is 15.7 Å². The van der Waals surface area contributed by atoms with Gasteiger partial charge in [-0.15, -0.1) is 0 Å². The van der Waals surface area contributed by atoms with Crippen LogP contribution < -0.4 is 16.6 Å². The third kappa shape index (κ3) is 2.43. The third-order valence-electron chi connectivity index (χ3n) is 1.61. The molecular formula is C9H14N4O. The lowest BCUT2D eigenvalue weighted by atomic mass is 10.2. The number of nitrogens with two attached hydrogens (primary N) is 1. The predicted octanol–water partition coefficient (Wildman–Crippen LogP) is 0.505. The Morgan fingerprint density at radius 1 is 1.57 bits per heavy atom. The number of carbonyl (C=O) groups is 1. The van der Waals surface area contributed by atoms with Crippen molar-refractivity contribution >= 4 is 11.7 Å². The Hall–Kier alpha value is -1.62. The summed E-state index contributed by atoms with van der Waals surface area (Å²) in [5, 5.41) is 2.76. The van der Waals surface area contributed by atoms with Crippen LogP contribution in [0.15, 0.2) is 18.3 Å². The van der Waals surface area contributed by atoms with Crippen molar-refractivity contribution in [3.63, 3.8) is 0 Å². The minimum Gasteiger partial charge on any atom is -0.350 e. The second-order valence-electron chi connectivity index (χ2n) is 3.17. The van der Waals surface area contributed by atoms with Crippen LogP contribution in [0.25, 0.3) is 0 Å². The van der Waals surface area contributed by atoms with Crippen LogP contribution in [-0.4, -0.2) is 16.9 Å². The highest BCUT2D eigenvalue weighted by Crippen LogP contribution is 2.09. The molecule has 0 aliphatic rings. The van der Waals surface area contributed by atoms with Crippen LogP contribution in [0, 0.1) is 0 Å². The molecule has 1 aromatic rings. The zero-order valence-electron chi connectivity index (χ0n) is 8.24. The fraction of sp³-hybridized carbons (Fsp3) is 0.333. The molecule has 1 heterocycles. The van der Waals surface area contributed by atoms with E-state index in [4.69, 9.17) is 5.84 Å². The number of nitrogen functional groups attached to an aromatic ring is 1. The third-order valence-corrected chi connectivity index (χ3v) is 1.61. The van der Waals surface area contributed by atoms with Crippen molar-refractivity contribution in [1.82, 2.24) is 10.3 Å². The summed E-state index contributed by atoms with van der Waals surface area (Å²) >= 11 is 0. The smallest absolute Gasteiger partial charge is 0.255 e. The predicted molar refractivity (Wildman–Crippen MR) is 54.6 cm³/mol. The van der Waals surface area contributed by atoms with Crippen LogP contribution in [0.5, 0.6) is 0 Å². The van der Waals surface area contributed by atoms with Crippen molar-refractivity contribution < 1.29 is 4.79 Å². The largest absolute Gasteiger partial charge is 0.350 e. The molecule has 0 spiro atoms. The Balaban J connectivity index is 2.88. The summed E-state index contributed by atoms with van der Waals surface area (Å²) in [6.45, 7) is 3.79. The molecular weight excluding hydrogens is 180 g/mol. The van der Waals surface area contributed by atoms with Gasteiger partial charge in [-0.2, -0.15) is 0 Å². The van der Waals surface area contributed by atoms with E-state index in [1.54, 1.807) is 18.3 Å². The molecule has 1 rings (SSSR count). The Bertz CT molecular complexity index is 324. The Morgan fingerprint density at radius 3 is 2.86 bits per heavy atom. The summed E-state index contributed by atoms with van der Waals surface area (Å²) in [4.78, 5) is 15.5. The van der Waals surface area contributed by atoms with Gasteiger partial charge in [-0.05, 0) is 26.0 Å². The maximum absolute atomic E-state index is 11.6. The van der Waals surface area contributed by atoms with Gasteiger partial charge in [0.15, 0.2) is 5.82 Å². The first-order valence-corrected chi connectivity index (χ1v) is 4.37. The molecule has 1 aromatic heterocycles. The molecule has 1 amide bonds. The zero-order chi connectivity index (χ0) is 10.6. The van der Waals surface area contributed by atoms with E-state index in [0.717, 1.165) is 0 Å². The topological polar surface area (TPSA) is 80.0 Å². The first-order valence-electron chi connectivity index (χ1n) is 4.37. The summed E-state index contributed by atoms with van der Waals surface area (Å²) in [6.07, 6.45) is 1.57. The van der Waals surface area contributed by atoms with Crippen molar-refractivity contribution in [2.75, 3.05) is 5.43 Å². The molecule has 0 radical (unpaired) electrons. The SMILES string of the molecule is CC(C)NC(=O)c1cccnc1NN. The number of amides is 1. The van der Waals surface area contributed by atoms with Gasteiger partial charge in [0, 0.05) is 12.2 Å². The molecule has 0 atom stereocenters. The number of nitrogens with zero attached hydrogens (tertiary/aromatic N) is 1. The molecule has 4 N–H and O–H groups in total. The van der Waals surface area contributed by atoms with Crippen molar-refractivity contribution in [2.24, 2.45) is 5.84 Å². The van der Waals surface area contributed by atoms with E-state index in [1.807, 2.05) is 13.8 Å². The first-order chi connectivity index (χ1) is 6.65. The number of hydrogen-bond donors (Lipinski definition) is 3. The van der Waals surface area contributed by atoms with Gasteiger partial charge in [-0.3, -0.25) is 4.79 Å². The number of rotatable bonds is 3. The number of nitrogens with one attached hydrogen (secondary N) is 2. The number of hydrogen-bond acceptors (Lipinski definition) is 4. The zero-order valence-corrected chi connectivity index (χ0v) is 8.24. The van der Waals surface area contributed by atoms with Gasteiger partial charge < -0.3 is 10.7 Å². The minimum atomic E-state index is -0.180. The van der Waals surface area contributed by atoms with Gasteiger partial charge in [0.05, 0.1) is 5.56 Å². The van der Waals surface area contributed by atoms with Gasteiger partial charge in [-0.1, -0.05) is 0 Å². The van der Waals surface area contributed by atoms with Crippen LogP contribution >= 0.6 is 0 Å². The molecule has 0 aliphatic carbocycles. The Morgan fingerprint density at radius 2 is 2.29 bits per heavy atom. The number of hydrazine groups is 1. The van der Waals surface area contributed by atoms with Crippen molar-refractivity contribution in [1.29, 1.82) is 0 Å². The Kier molecular flexibility index (Phi) is 3.41. The number of carbonyl (C=O) groups excluding carboxylic acids is 1. The van der Waals surface area contributed by atoms with Gasteiger partial charge >= 0.3 is 0 Å². The molecule has 76 valence electrons. The molecule has 14 heavy (non-hydrogen) atoms. The van der Waals surface area contributed by atoms with Gasteiger partial charge in [-0.25, -0.2) is 10.8 Å². The maximum Gasteiger partial charge on any atom is 0.255 e. The quantitative estimate of drug-likeness (QED) is 0.483. The minimum absolute atomic E-state index is 0.0910. The molecule has 0 unspecified atom stereocenters. The van der Waals surface area contributed by atoms with Crippen LogP contribution in [0.2, 0.25) is 0 Å². The lowest BCUT2D eigenvalue weighted by Crippen LogP contribution is -2.31. The molecule has 0 bridgehead atoms. The number of anilines is 1. The fourth-order valence-electron chi connectivity index (χ4n) is 1.04. The summed E-state index contributed by atoms with van der Waals surface area (Å²) in [5.74, 6) is 5.43. The summed E-state index contributed by atoms with van der Waals surface area (Å²) in [6, 6.07) is 3.45. The van der Waals surface area contributed by atoms with Gasteiger partial charge in [0.2, 0.25) is 0 Å². The average molecular weight is 194 g/mol. The Labute approximate surface area is 82.7 Å². The van der Waals surface area contributed by atoms with Crippen LogP contribution in [0.1, 0.15) is 24.2 Å². The van der Waals surface area contributed by atoms with Crippen LogP contribution in [0.3, 0.4) is 0 Å². The number of aromatic nitrogens is 1. The highest BCUT2D eigenvalue weighted by molar-refractivity contribution is 5.98. The van der Waals surface area contributed by atoms with E-state index < -0.39 is 0 Å². The number of pyridine rings is 1. The molecule has 5 nitrogen and oxygen atoms in total. The van der Waals surface area contributed by atoms with Gasteiger partial charge in [0.25, 0.3) is 5.91 Å². The molecule has 0 saturated heterocycles. The molecule has 0 aliphatic heterocycles. The van der Waals surface area contributed by atoms with Crippen LogP contribution in [-0.2, 0) is 0 Å². The normalized spacial score (nSPS) is 10.0. The monoisotopic (exact) mass is 194 g/mol. The van der Waals surface area contributed by atoms with Crippen LogP contribution in [0.4, 0.5) is 5.82 Å². The average Bonchev–Trinajstić information content (AvgIpc) is 2.16. The van der Waals surface area contributed by atoms with Crippen molar-refractivity contribution in [2.45, 2.75) is 19.9 Å². The van der Waals surface area contributed by atoms with E-state index in [1.165, 1.54) is 0 Å². The summed E-state index contributed by atoms with van der Waals surface area (Å²) < 4.78 is 0. The van der Waals surface area contributed by atoms with E-state index in [9.17, 15) is 4.79 Å². The highest BCUT2D eigenvalue weighted by atomic mass is 16.1. The van der Waals surface area contributed by atoms with Crippen molar-refractivity contribution in [3.8, 4) is 0 Å². The summed E-state index contributed by atoms with van der Waals surface area (Å²) in [7, 11) is 0.